The standard InChI is InChI=1S/C28H40FN3O3/c1-19(7-3-12-23(30)21-10-5-11-22(29)18-21)17-25-24(31-27(33)26-13-6-16-35-26)14-15-32(25)28(34-2)20-8-4-9-20/h3,5,7,10-12,18-20,24-26,28H,4,6,8-9,13-17,30H2,1-2H3,(H,31,33)/b7-3-,23-12-/t19?,24-,25-,26-,28?/m0/s1. The quantitative estimate of drug-likeness (QED) is 0.486. The number of carbonyl (C=O) groups is 1. The molecule has 7 heteroatoms. The van der Waals surface area contributed by atoms with Gasteiger partial charge in [-0.25, -0.2) is 4.39 Å². The van der Waals surface area contributed by atoms with E-state index in [9.17, 15) is 9.18 Å². The van der Waals surface area contributed by atoms with Crippen LogP contribution in [0.25, 0.3) is 5.70 Å². The predicted octanol–water partition coefficient (Wildman–Crippen LogP) is 4.22. The second-order valence-electron chi connectivity index (χ2n) is 10.3. The van der Waals surface area contributed by atoms with Crippen molar-refractivity contribution in [3.8, 4) is 0 Å². The zero-order valence-corrected chi connectivity index (χ0v) is 21.0. The maximum Gasteiger partial charge on any atom is 0.249 e. The van der Waals surface area contributed by atoms with E-state index in [4.69, 9.17) is 15.2 Å². The van der Waals surface area contributed by atoms with Crippen LogP contribution in [0.1, 0.15) is 57.4 Å². The minimum Gasteiger partial charge on any atom is -0.398 e. The average Bonchev–Trinajstić information content (AvgIpc) is 3.47. The molecule has 6 nitrogen and oxygen atoms in total. The zero-order valence-electron chi connectivity index (χ0n) is 21.0. The van der Waals surface area contributed by atoms with E-state index in [1.807, 2.05) is 19.3 Å². The van der Waals surface area contributed by atoms with Crippen LogP contribution in [-0.2, 0) is 14.3 Å². The van der Waals surface area contributed by atoms with E-state index in [0.29, 0.717) is 23.8 Å². The first-order valence-electron chi connectivity index (χ1n) is 13.1. The summed E-state index contributed by atoms with van der Waals surface area (Å²) in [4.78, 5) is 15.3. The molecular formula is C28H40FN3O3. The number of amides is 1. The van der Waals surface area contributed by atoms with E-state index in [0.717, 1.165) is 32.2 Å². The fourth-order valence-corrected chi connectivity index (χ4v) is 5.62. The van der Waals surface area contributed by atoms with Gasteiger partial charge in [0.2, 0.25) is 5.91 Å². The molecule has 1 aromatic carbocycles. The molecular weight excluding hydrogens is 445 g/mol. The number of likely N-dealkylation sites (tertiary alicyclic amines) is 1. The molecule has 3 fully saturated rings. The van der Waals surface area contributed by atoms with Gasteiger partial charge in [-0.15, -0.1) is 0 Å². The molecule has 2 aliphatic heterocycles. The number of allylic oxidation sites excluding steroid dienone is 3. The Hall–Kier alpha value is -2.22. The van der Waals surface area contributed by atoms with Crippen molar-refractivity contribution in [1.82, 2.24) is 10.2 Å². The molecule has 0 spiro atoms. The van der Waals surface area contributed by atoms with Gasteiger partial charge in [-0.1, -0.05) is 37.6 Å². The molecule has 35 heavy (non-hydrogen) atoms. The lowest BCUT2D eigenvalue weighted by Gasteiger charge is -2.42. The van der Waals surface area contributed by atoms with Crippen LogP contribution in [0.2, 0.25) is 0 Å². The van der Waals surface area contributed by atoms with Crippen LogP contribution < -0.4 is 11.1 Å². The average molecular weight is 486 g/mol. The minimum atomic E-state index is -0.317. The number of hydrogen-bond donors (Lipinski definition) is 2. The van der Waals surface area contributed by atoms with Gasteiger partial charge in [0.25, 0.3) is 0 Å². The Morgan fingerprint density at radius 2 is 2.14 bits per heavy atom. The largest absolute Gasteiger partial charge is 0.398 e. The molecule has 1 saturated carbocycles. The summed E-state index contributed by atoms with van der Waals surface area (Å²) >= 11 is 0. The van der Waals surface area contributed by atoms with Gasteiger partial charge in [-0.05, 0) is 68.6 Å². The summed E-state index contributed by atoms with van der Waals surface area (Å²) in [7, 11) is 1.81. The second kappa shape index (κ2) is 12.2. The SMILES string of the molecule is COC(C1CCC1)N1CC[C@H](NC(=O)[C@@H]2CCCO2)[C@@H]1CC(C)/C=C\C=C(/N)c1cccc(F)c1. The van der Waals surface area contributed by atoms with Crippen molar-refractivity contribution >= 4 is 11.6 Å². The van der Waals surface area contributed by atoms with Gasteiger partial charge in [0.1, 0.15) is 18.1 Å². The lowest BCUT2D eigenvalue weighted by Crippen LogP contribution is -2.53. The molecule has 3 N–H and O–H groups in total. The van der Waals surface area contributed by atoms with Crippen molar-refractivity contribution in [3.63, 3.8) is 0 Å². The Labute approximate surface area is 208 Å². The smallest absolute Gasteiger partial charge is 0.249 e. The van der Waals surface area contributed by atoms with E-state index in [1.54, 1.807) is 12.1 Å². The Bertz CT molecular complexity index is 910. The number of nitrogens with zero attached hydrogens (tertiary/aromatic N) is 1. The van der Waals surface area contributed by atoms with Crippen LogP contribution in [0.4, 0.5) is 4.39 Å². The maximum absolute atomic E-state index is 13.5. The first kappa shape index (κ1) is 25.9. The Morgan fingerprint density at radius 1 is 1.31 bits per heavy atom. The van der Waals surface area contributed by atoms with E-state index >= 15 is 0 Å². The van der Waals surface area contributed by atoms with Gasteiger partial charge in [-0.2, -0.15) is 0 Å². The van der Waals surface area contributed by atoms with Crippen LogP contribution in [0.15, 0.2) is 42.5 Å². The van der Waals surface area contributed by atoms with Crippen LogP contribution in [0.5, 0.6) is 0 Å². The van der Waals surface area contributed by atoms with Crippen molar-refractivity contribution in [3.05, 3.63) is 53.9 Å². The Balaban J connectivity index is 1.43. The van der Waals surface area contributed by atoms with Gasteiger partial charge in [0.15, 0.2) is 0 Å². The maximum atomic E-state index is 13.5. The van der Waals surface area contributed by atoms with E-state index < -0.39 is 0 Å². The van der Waals surface area contributed by atoms with Crippen LogP contribution in [0, 0.1) is 17.7 Å². The van der Waals surface area contributed by atoms with Crippen LogP contribution in [-0.4, -0.2) is 55.5 Å². The lowest BCUT2D eigenvalue weighted by atomic mass is 9.83. The molecule has 2 heterocycles. The number of halogens is 1. The summed E-state index contributed by atoms with van der Waals surface area (Å²) < 4.78 is 25.1. The molecule has 1 amide bonds. The number of benzene rings is 1. The topological polar surface area (TPSA) is 76.8 Å². The second-order valence-corrected chi connectivity index (χ2v) is 10.3. The summed E-state index contributed by atoms with van der Waals surface area (Å²) in [6.45, 7) is 3.77. The molecule has 2 saturated heterocycles. The normalized spacial score (nSPS) is 27.7. The highest BCUT2D eigenvalue weighted by atomic mass is 19.1. The molecule has 4 rings (SSSR count). The highest BCUT2D eigenvalue weighted by Crippen LogP contribution is 2.37. The van der Waals surface area contributed by atoms with E-state index in [2.05, 4.69) is 23.2 Å². The van der Waals surface area contributed by atoms with Gasteiger partial charge in [0, 0.05) is 43.6 Å². The molecule has 1 aliphatic carbocycles. The Kier molecular flexibility index (Phi) is 8.98. The molecule has 1 aromatic rings. The Morgan fingerprint density at radius 3 is 2.80 bits per heavy atom. The summed E-state index contributed by atoms with van der Waals surface area (Å²) in [5, 5.41) is 3.31. The van der Waals surface area contributed by atoms with Gasteiger partial charge in [-0.3, -0.25) is 9.69 Å². The van der Waals surface area contributed by atoms with Crippen LogP contribution in [0.3, 0.4) is 0 Å². The van der Waals surface area contributed by atoms with Crippen molar-refractivity contribution < 1.29 is 18.7 Å². The minimum absolute atomic E-state index is 0.0194. The lowest BCUT2D eigenvalue weighted by molar-refractivity contribution is -0.131. The molecule has 0 radical (unpaired) electrons. The van der Waals surface area contributed by atoms with Crippen molar-refractivity contribution in [2.75, 3.05) is 20.3 Å². The summed E-state index contributed by atoms with van der Waals surface area (Å²) in [5.41, 5.74) is 7.34. The number of nitrogens with two attached hydrogens (primary N) is 1. The number of ether oxygens (including phenoxy) is 2. The van der Waals surface area contributed by atoms with Crippen molar-refractivity contribution in [2.24, 2.45) is 17.6 Å². The van der Waals surface area contributed by atoms with E-state index in [1.165, 1.54) is 31.4 Å². The molecule has 5 atom stereocenters. The van der Waals surface area contributed by atoms with Crippen LogP contribution >= 0.6 is 0 Å². The number of hydrogen-bond acceptors (Lipinski definition) is 5. The first-order chi connectivity index (χ1) is 17.0. The third-order valence-electron chi connectivity index (χ3n) is 7.75. The summed E-state index contributed by atoms with van der Waals surface area (Å²) in [5.74, 6) is 0.548. The fourth-order valence-electron chi connectivity index (χ4n) is 5.62. The monoisotopic (exact) mass is 485 g/mol. The highest BCUT2D eigenvalue weighted by Gasteiger charge is 2.43. The van der Waals surface area contributed by atoms with Gasteiger partial charge < -0.3 is 20.5 Å². The summed E-state index contributed by atoms with van der Waals surface area (Å²) in [6.07, 6.45) is 12.9. The van der Waals surface area contributed by atoms with Crippen molar-refractivity contribution in [1.29, 1.82) is 0 Å². The zero-order chi connectivity index (χ0) is 24.8. The van der Waals surface area contributed by atoms with E-state index in [-0.39, 0.29) is 42.1 Å². The fraction of sp³-hybridized carbons (Fsp3) is 0.607. The third kappa shape index (κ3) is 6.51. The van der Waals surface area contributed by atoms with Crippen molar-refractivity contribution in [2.45, 2.75) is 76.3 Å². The van der Waals surface area contributed by atoms with Gasteiger partial charge >= 0.3 is 0 Å². The predicted molar refractivity (Wildman–Crippen MR) is 136 cm³/mol. The number of rotatable bonds is 10. The summed E-state index contributed by atoms with van der Waals surface area (Å²) in [6, 6.07) is 6.57. The molecule has 0 bridgehead atoms. The number of methoxy groups -OCH3 is 1. The number of nitrogens with one attached hydrogen (secondary N) is 1. The molecule has 3 aliphatic rings. The molecule has 192 valence electrons. The molecule has 2 unspecified atom stereocenters. The number of carbonyl (C=O) groups excluding carboxylic acids is 1. The highest BCUT2D eigenvalue weighted by molar-refractivity contribution is 5.81. The molecule has 0 aromatic heterocycles. The third-order valence-corrected chi connectivity index (χ3v) is 7.75. The van der Waals surface area contributed by atoms with Gasteiger partial charge in [0.05, 0.1) is 0 Å². The first-order valence-corrected chi connectivity index (χ1v) is 13.1.